The predicted octanol–water partition coefficient (Wildman–Crippen LogP) is 1.34. The van der Waals surface area contributed by atoms with Crippen LogP contribution in [0.1, 0.15) is 29.6 Å². The number of amides is 2. The van der Waals surface area contributed by atoms with Gasteiger partial charge in [-0.05, 0) is 34.8 Å². The highest BCUT2D eigenvalue weighted by Gasteiger charge is 2.39. The van der Waals surface area contributed by atoms with Gasteiger partial charge in [0.05, 0.1) is 11.6 Å². The lowest BCUT2D eigenvalue weighted by molar-refractivity contribution is -0.128. The van der Waals surface area contributed by atoms with Gasteiger partial charge < -0.3 is 10.2 Å². The summed E-state index contributed by atoms with van der Waals surface area (Å²) in [5.41, 5.74) is 0.506. The van der Waals surface area contributed by atoms with E-state index in [2.05, 4.69) is 26.2 Å². The Balaban J connectivity index is 1.62. The molecule has 1 N–H and O–H groups in total. The van der Waals surface area contributed by atoms with Crippen LogP contribution in [0.4, 0.5) is 0 Å². The summed E-state index contributed by atoms with van der Waals surface area (Å²) in [6, 6.07) is 2.05. The molecule has 2 aliphatic rings. The maximum atomic E-state index is 12.0. The van der Waals surface area contributed by atoms with Crippen LogP contribution in [-0.4, -0.2) is 40.3 Å². The Bertz CT molecular complexity index is 530. The second-order valence-corrected chi connectivity index (χ2v) is 5.96. The molecule has 0 radical (unpaired) electrons. The Hall–Kier alpha value is -1.43. The molecule has 1 aliphatic heterocycles. The molecule has 1 atom stereocenters. The van der Waals surface area contributed by atoms with Gasteiger partial charge in [-0.2, -0.15) is 0 Å². The van der Waals surface area contributed by atoms with Crippen molar-refractivity contribution < 1.29 is 9.59 Å². The molecule has 2 amide bonds. The number of carbonyl (C=O) groups is 2. The first-order valence-electron chi connectivity index (χ1n) is 6.34. The van der Waals surface area contributed by atoms with Crippen LogP contribution < -0.4 is 5.32 Å². The number of aromatic nitrogens is 1. The van der Waals surface area contributed by atoms with E-state index < -0.39 is 0 Å². The molecule has 0 aromatic carbocycles. The fourth-order valence-electron chi connectivity index (χ4n) is 2.37. The van der Waals surface area contributed by atoms with E-state index >= 15 is 0 Å². The molecule has 1 aliphatic carbocycles. The Morgan fingerprint density at radius 3 is 2.89 bits per heavy atom. The number of pyridine rings is 1. The molecule has 1 unspecified atom stereocenters. The molecule has 0 bridgehead atoms. The van der Waals surface area contributed by atoms with Crippen molar-refractivity contribution in [1.29, 1.82) is 0 Å². The van der Waals surface area contributed by atoms with Gasteiger partial charge in [-0.3, -0.25) is 14.6 Å². The number of carbonyl (C=O) groups excluding carboxylic acids is 2. The van der Waals surface area contributed by atoms with E-state index in [9.17, 15) is 9.59 Å². The van der Waals surface area contributed by atoms with E-state index in [4.69, 9.17) is 0 Å². The lowest BCUT2D eigenvalue weighted by Crippen LogP contribution is -2.37. The summed E-state index contributed by atoms with van der Waals surface area (Å²) in [6.07, 6.45) is 5.76. The van der Waals surface area contributed by atoms with Crippen LogP contribution in [0.2, 0.25) is 0 Å². The minimum atomic E-state index is -0.177. The highest BCUT2D eigenvalue weighted by Crippen LogP contribution is 2.30. The van der Waals surface area contributed by atoms with Crippen molar-refractivity contribution in [2.45, 2.75) is 31.3 Å². The number of hydrogen-bond acceptors (Lipinski definition) is 3. The highest BCUT2D eigenvalue weighted by atomic mass is 79.9. The van der Waals surface area contributed by atoms with Gasteiger partial charge in [0.25, 0.3) is 5.91 Å². The van der Waals surface area contributed by atoms with Crippen LogP contribution in [0, 0.1) is 0 Å². The topological polar surface area (TPSA) is 62.3 Å². The first-order valence-corrected chi connectivity index (χ1v) is 7.13. The Morgan fingerprint density at radius 2 is 2.21 bits per heavy atom. The van der Waals surface area contributed by atoms with E-state index in [0.29, 0.717) is 24.6 Å². The van der Waals surface area contributed by atoms with Crippen molar-refractivity contribution >= 4 is 27.7 Å². The highest BCUT2D eigenvalue weighted by molar-refractivity contribution is 9.10. The summed E-state index contributed by atoms with van der Waals surface area (Å²) in [5.74, 6) is -0.0237. The maximum absolute atomic E-state index is 12.0. The van der Waals surface area contributed by atoms with Gasteiger partial charge in [-0.1, -0.05) is 0 Å². The fraction of sp³-hybridized carbons (Fsp3) is 0.462. The quantitative estimate of drug-likeness (QED) is 0.913. The molecule has 3 rings (SSSR count). The molecule has 19 heavy (non-hydrogen) atoms. The van der Waals surface area contributed by atoms with Gasteiger partial charge >= 0.3 is 0 Å². The third kappa shape index (κ3) is 2.78. The monoisotopic (exact) mass is 323 g/mol. The molecule has 2 fully saturated rings. The number of nitrogens with one attached hydrogen (secondary N) is 1. The minimum absolute atomic E-state index is 0.0837. The number of likely N-dealkylation sites (tertiary alicyclic amines) is 1. The molecule has 1 aromatic heterocycles. The average Bonchev–Trinajstić information content (AvgIpc) is 3.14. The second-order valence-electron chi connectivity index (χ2n) is 5.04. The van der Waals surface area contributed by atoms with E-state index in [1.807, 2.05) is 4.90 Å². The maximum Gasteiger partial charge on any atom is 0.253 e. The standard InChI is InChI=1S/C13H14BrN3O2/c14-9-3-8(5-15-6-9)13(19)16-10-4-12(18)17(7-10)11-1-2-11/h3,5-6,10-11H,1-2,4,7H2,(H,16,19). The third-order valence-corrected chi connectivity index (χ3v) is 3.88. The van der Waals surface area contributed by atoms with Crippen LogP contribution in [0.25, 0.3) is 0 Å². The van der Waals surface area contributed by atoms with Gasteiger partial charge in [-0.15, -0.1) is 0 Å². The number of nitrogens with zero attached hydrogens (tertiary/aromatic N) is 2. The molecule has 5 nitrogen and oxygen atoms in total. The van der Waals surface area contributed by atoms with Gasteiger partial charge in [0.1, 0.15) is 0 Å². The van der Waals surface area contributed by atoms with Crippen LogP contribution in [0.5, 0.6) is 0 Å². The molecule has 6 heteroatoms. The van der Waals surface area contributed by atoms with Gasteiger partial charge in [0.2, 0.25) is 5.91 Å². The summed E-state index contributed by atoms with van der Waals surface area (Å²) >= 11 is 3.28. The predicted molar refractivity (Wildman–Crippen MR) is 72.5 cm³/mol. The summed E-state index contributed by atoms with van der Waals surface area (Å²) in [5, 5.41) is 2.90. The van der Waals surface area contributed by atoms with Crippen molar-refractivity contribution in [1.82, 2.24) is 15.2 Å². The lowest BCUT2D eigenvalue weighted by Gasteiger charge is -2.16. The van der Waals surface area contributed by atoms with E-state index in [1.54, 1.807) is 12.3 Å². The van der Waals surface area contributed by atoms with Crippen LogP contribution in [0.15, 0.2) is 22.9 Å². The third-order valence-electron chi connectivity index (χ3n) is 3.45. The fourth-order valence-corrected chi connectivity index (χ4v) is 2.74. The zero-order valence-corrected chi connectivity index (χ0v) is 11.9. The van der Waals surface area contributed by atoms with Gasteiger partial charge in [0, 0.05) is 35.9 Å². The van der Waals surface area contributed by atoms with Crippen LogP contribution >= 0.6 is 15.9 Å². The van der Waals surface area contributed by atoms with E-state index in [1.165, 1.54) is 6.20 Å². The number of hydrogen-bond donors (Lipinski definition) is 1. The van der Waals surface area contributed by atoms with Crippen LogP contribution in [-0.2, 0) is 4.79 Å². The normalized spacial score (nSPS) is 22.7. The van der Waals surface area contributed by atoms with E-state index in [0.717, 1.165) is 17.3 Å². The summed E-state index contributed by atoms with van der Waals surface area (Å²) in [6.45, 7) is 0.636. The molecule has 1 aromatic rings. The van der Waals surface area contributed by atoms with Crippen molar-refractivity contribution in [2.75, 3.05) is 6.54 Å². The molecule has 1 saturated carbocycles. The Kier molecular flexibility index (Phi) is 3.26. The molecular weight excluding hydrogens is 310 g/mol. The first-order chi connectivity index (χ1) is 9.13. The average molecular weight is 324 g/mol. The summed E-state index contributed by atoms with van der Waals surface area (Å²) < 4.78 is 0.766. The molecule has 1 saturated heterocycles. The Labute approximate surface area is 119 Å². The molecule has 0 spiro atoms. The van der Waals surface area contributed by atoms with Crippen molar-refractivity contribution in [3.05, 3.63) is 28.5 Å². The summed E-state index contributed by atoms with van der Waals surface area (Å²) in [7, 11) is 0. The minimum Gasteiger partial charge on any atom is -0.347 e. The SMILES string of the molecule is O=C(NC1CC(=O)N(C2CC2)C1)c1cncc(Br)c1. The smallest absolute Gasteiger partial charge is 0.253 e. The largest absolute Gasteiger partial charge is 0.347 e. The number of rotatable bonds is 3. The zero-order valence-electron chi connectivity index (χ0n) is 10.3. The zero-order chi connectivity index (χ0) is 13.4. The molecule has 100 valence electrons. The Morgan fingerprint density at radius 1 is 1.42 bits per heavy atom. The van der Waals surface area contributed by atoms with Crippen molar-refractivity contribution in [3.8, 4) is 0 Å². The molecular formula is C13H14BrN3O2. The first kappa shape index (κ1) is 12.6. The molecule has 2 heterocycles. The lowest BCUT2D eigenvalue weighted by atomic mass is 10.2. The second kappa shape index (κ2) is 4.92. The van der Waals surface area contributed by atoms with Crippen molar-refractivity contribution in [2.24, 2.45) is 0 Å². The van der Waals surface area contributed by atoms with Gasteiger partial charge in [-0.25, -0.2) is 0 Å². The van der Waals surface area contributed by atoms with E-state index in [-0.39, 0.29) is 17.9 Å². The summed E-state index contributed by atoms with van der Waals surface area (Å²) in [4.78, 5) is 29.7. The van der Waals surface area contributed by atoms with Gasteiger partial charge in [0.15, 0.2) is 0 Å². The van der Waals surface area contributed by atoms with Crippen molar-refractivity contribution in [3.63, 3.8) is 0 Å². The number of halogens is 1. The van der Waals surface area contributed by atoms with Crippen LogP contribution in [0.3, 0.4) is 0 Å².